The first-order valence-corrected chi connectivity index (χ1v) is 17.4. The molecule has 0 aromatic heterocycles. The van der Waals surface area contributed by atoms with Gasteiger partial charge in [0.1, 0.15) is 41.0 Å². The third-order valence-electron chi connectivity index (χ3n) is 10.3. The van der Waals surface area contributed by atoms with Gasteiger partial charge in [0, 0.05) is 0 Å². The molecular formula is C42H38BF15Zr+2. The molecule has 3 aromatic rings. The zero-order valence-corrected chi connectivity index (χ0v) is 35.9. The molecule has 17 heteroatoms. The molecule has 2 saturated carbocycles. The summed E-state index contributed by atoms with van der Waals surface area (Å²) in [6.07, 6.45) is -2.52. The summed E-state index contributed by atoms with van der Waals surface area (Å²) in [4.78, 5) is 0. The maximum Gasteiger partial charge on any atom is 4.00 e. The smallest absolute Gasteiger partial charge is 0.338 e. The van der Waals surface area contributed by atoms with Gasteiger partial charge in [0.05, 0.1) is 0 Å². The van der Waals surface area contributed by atoms with Crippen molar-refractivity contribution < 1.29 is 92.1 Å². The van der Waals surface area contributed by atoms with Gasteiger partial charge in [-0.3, -0.25) is 0 Å². The van der Waals surface area contributed by atoms with Crippen molar-refractivity contribution >= 4 is 22.5 Å². The van der Waals surface area contributed by atoms with Crippen LogP contribution in [-0.4, -0.2) is 6.15 Å². The Morgan fingerprint density at radius 2 is 0.559 bits per heavy atom. The van der Waals surface area contributed by atoms with Crippen molar-refractivity contribution in [1.29, 1.82) is 0 Å². The van der Waals surface area contributed by atoms with Crippen LogP contribution in [-0.2, 0) is 26.2 Å². The van der Waals surface area contributed by atoms with Crippen molar-refractivity contribution in [3.8, 4) is 0 Å². The van der Waals surface area contributed by atoms with Crippen LogP contribution < -0.4 is 16.4 Å². The molecule has 0 unspecified atom stereocenters. The fraction of sp³-hybridized carbons (Fsp3) is 0.310. The van der Waals surface area contributed by atoms with Gasteiger partial charge in [-0.15, -0.1) is 16.4 Å². The second kappa shape index (κ2) is 19.3. The molecule has 0 aliphatic heterocycles. The van der Waals surface area contributed by atoms with Crippen LogP contribution in [0.5, 0.6) is 0 Å². The fourth-order valence-electron chi connectivity index (χ4n) is 7.02. The summed E-state index contributed by atoms with van der Waals surface area (Å²) >= 11 is 0. The van der Waals surface area contributed by atoms with E-state index < -0.39 is 122 Å². The van der Waals surface area contributed by atoms with E-state index >= 15 is 26.3 Å². The maximum absolute atomic E-state index is 15.6. The van der Waals surface area contributed by atoms with Crippen molar-refractivity contribution in [2.75, 3.05) is 0 Å². The minimum Gasteiger partial charge on any atom is -0.338 e. The van der Waals surface area contributed by atoms with E-state index in [4.69, 9.17) is 0 Å². The van der Waals surface area contributed by atoms with Gasteiger partial charge in [0.2, 0.25) is 0 Å². The third-order valence-corrected chi connectivity index (χ3v) is 10.3. The molecule has 0 heterocycles. The van der Waals surface area contributed by atoms with Gasteiger partial charge in [-0.1, -0.05) is 74.7 Å². The van der Waals surface area contributed by atoms with Gasteiger partial charge in [-0.05, 0) is 61.2 Å². The SMILES string of the molecule is CC(C)(C[B-](c1c(F)c(F)c(F)c(F)c1F)(c1c(F)c(F)c(F)c(F)c1F)c1c(F)c(F)c(F)c(F)c1F)[C]1[CH][CH][CH][CH]1.C[C]1[C](C)[C](C)[C](C)[C]1C.[CH2-]C(C)(C)C.[Zr+4]. The number of benzene rings is 3. The van der Waals surface area contributed by atoms with Crippen LogP contribution in [0.3, 0.4) is 0 Å². The average Bonchev–Trinajstić information content (AvgIpc) is 3.75. The van der Waals surface area contributed by atoms with Crippen molar-refractivity contribution in [2.45, 2.75) is 75.6 Å². The van der Waals surface area contributed by atoms with Crippen LogP contribution in [0.4, 0.5) is 65.9 Å². The second-order valence-corrected chi connectivity index (χ2v) is 15.9. The molecule has 2 fully saturated rings. The standard InChI is InChI=1S/C27H12BF15.C10H15.C5H11.Zr/c1-27(2,8-5-3-4-6-8)7-28(9-12(29)18(35)24(41)19(36)13(9)30,10-14(31)20(37)25(42)21(38)15(10)32)11-16(33)22(39)26(43)23(40)17(11)34;1-6-7(2)9(4)10(5)8(6)3;1-5(2,3)4;/h3-6H,7H2,1-2H3;1-5H3;1H2,2-4H3;/q-1;;-1;+4. The Morgan fingerprint density at radius 1 is 0.390 bits per heavy atom. The molecule has 2 aliphatic rings. The topological polar surface area (TPSA) is 0 Å². The third kappa shape index (κ3) is 9.95. The van der Waals surface area contributed by atoms with Gasteiger partial charge < -0.3 is 6.92 Å². The van der Waals surface area contributed by atoms with Gasteiger partial charge in [0.25, 0.3) is 0 Å². The van der Waals surface area contributed by atoms with Gasteiger partial charge in [-0.2, -0.15) is 11.7 Å². The Labute approximate surface area is 355 Å². The van der Waals surface area contributed by atoms with Crippen molar-refractivity contribution in [2.24, 2.45) is 10.8 Å². The maximum atomic E-state index is 15.6. The molecule has 5 rings (SSSR count). The van der Waals surface area contributed by atoms with Crippen molar-refractivity contribution in [3.63, 3.8) is 0 Å². The Morgan fingerprint density at radius 3 is 0.746 bits per heavy atom. The van der Waals surface area contributed by atoms with E-state index in [0.29, 0.717) is 0 Å². The summed E-state index contributed by atoms with van der Waals surface area (Å²) in [5, 5.41) is 0. The van der Waals surface area contributed by atoms with Gasteiger partial charge in [0.15, 0.2) is 52.4 Å². The minimum atomic E-state index is -5.62. The van der Waals surface area contributed by atoms with Crippen LogP contribution in [0, 0.1) is 166 Å². The Bertz CT molecular complexity index is 1700. The Balaban J connectivity index is 0.000000631. The van der Waals surface area contributed by atoms with Gasteiger partial charge in [-0.25, -0.2) is 65.9 Å². The Kier molecular flexibility index (Phi) is 17.2. The number of halogens is 15. The summed E-state index contributed by atoms with van der Waals surface area (Å²) in [6, 6.07) is 0. The number of hydrogen-bond acceptors (Lipinski definition) is 0. The second-order valence-electron chi connectivity index (χ2n) is 15.9. The zero-order valence-electron chi connectivity index (χ0n) is 33.5. The molecular weight excluding hydrogens is 891 g/mol. The first-order valence-electron chi connectivity index (χ1n) is 17.4. The quantitative estimate of drug-likeness (QED) is 0.0760. The molecule has 0 nitrogen and oxygen atoms in total. The molecule has 0 amide bonds. The molecule has 0 saturated heterocycles. The van der Waals surface area contributed by atoms with E-state index in [1.807, 2.05) is 0 Å². The molecule has 316 valence electrons. The van der Waals surface area contributed by atoms with Crippen LogP contribution in [0.2, 0.25) is 6.32 Å². The fourth-order valence-corrected chi connectivity index (χ4v) is 7.02. The van der Waals surface area contributed by atoms with Crippen LogP contribution >= 0.6 is 0 Å². The van der Waals surface area contributed by atoms with E-state index in [1.165, 1.54) is 42.4 Å². The van der Waals surface area contributed by atoms with E-state index in [2.05, 4.69) is 62.3 Å². The van der Waals surface area contributed by atoms with Crippen LogP contribution in [0.1, 0.15) is 69.2 Å². The molecule has 59 heavy (non-hydrogen) atoms. The van der Waals surface area contributed by atoms with Crippen molar-refractivity contribution in [3.05, 3.63) is 155 Å². The molecule has 10 radical (unpaired) electrons. The number of hydrogen-bond donors (Lipinski definition) is 0. The molecule has 0 bridgehead atoms. The van der Waals surface area contributed by atoms with E-state index in [0.717, 1.165) is 26.7 Å². The largest absolute Gasteiger partial charge is 4.00 e. The zero-order chi connectivity index (χ0) is 44.9. The first kappa shape index (κ1) is 52.7. The molecule has 3 aromatic carbocycles. The van der Waals surface area contributed by atoms with Gasteiger partial charge >= 0.3 is 26.2 Å². The first-order chi connectivity index (χ1) is 26.4. The summed E-state index contributed by atoms with van der Waals surface area (Å²) < 4.78 is 223. The summed E-state index contributed by atoms with van der Waals surface area (Å²) in [5.41, 5.74) is -9.64. The monoisotopic (exact) mass is 928 g/mol. The molecule has 0 N–H and O–H groups in total. The van der Waals surface area contributed by atoms with Crippen molar-refractivity contribution in [1.82, 2.24) is 0 Å². The van der Waals surface area contributed by atoms with E-state index in [-0.39, 0.29) is 37.5 Å². The molecule has 0 spiro atoms. The molecule has 0 atom stereocenters. The predicted molar refractivity (Wildman–Crippen MR) is 192 cm³/mol. The van der Waals surface area contributed by atoms with E-state index in [9.17, 15) is 39.5 Å². The minimum absolute atomic E-state index is 0. The summed E-state index contributed by atoms with van der Waals surface area (Å²) in [6.45, 7) is 22.9. The Hall–Kier alpha value is -2.44. The predicted octanol–water partition coefficient (Wildman–Crippen LogP) is 11.5. The summed E-state index contributed by atoms with van der Waals surface area (Å²) in [7, 11) is 0. The summed E-state index contributed by atoms with van der Waals surface area (Å²) in [5.74, 6) is -37.8. The van der Waals surface area contributed by atoms with E-state index in [1.54, 1.807) is 0 Å². The average molecular weight is 930 g/mol. The normalized spacial score (nSPS) is 16.6. The van der Waals surface area contributed by atoms with Crippen LogP contribution in [0.15, 0.2) is 0 Å². The molecule has 2 aliphatic carbocycles. The number of rotatable bonds is 6. The van der Waals surface area contributed by atoms with Crippen LogP contribution in [0.25, 0.3) is 0 Å².